The number of hydrogen-bond acceptors (Lipinski definition) is 3. The van der Waals surface area contributed by atoms with Gasteiger partial charge in [-0.2, -0.15) is 0 Å². The number of amides is 1. The fourth-order valence-electron chi connectivity index (χ4n) is 1.93. The Morgan fingerprint density at radius 3 is 2.65 bits per heavy atom. The lowest BCUT2D eigenvalue weighted by atomic mass is 10.1. The topological polar surface area (TPSA) is 65.2 Å². The van der Waals surface area contributed by atoms with Gasteiger partial charge in [-0.05, 0) is 6.07 Å². The van der Waals surface area contributed by atoms with Crippen LogP contribution in [-0.4, -0.2) is 47.8 Å². The van der Waals surface area contributed by atoms with Crippen molar-refractivity contribution in [3.63, 3.8) is 0 Å². The van der Waals surface area contributed by atoms with Crippen LogP contribution in [0.1, 0.15) is 23.2 Å². The van der Waals surface area contributed by atoms with Crippen molar-refractivity contribution >= 4 is 11.7 Å². The van der Waals surface area contributed by atoms with E-state index in [-0.39, 0.29) is 11.7 Å². The van der Waals surface area contributed by atoms with E-state index in [0.717, 1.165) is 26.2 Å². The lowest BCUT2D eigenvalue weighted by Gasteiger charge is -2.27. The summed E-state index contributed by atoms with van der Waals surface area (Å²) >= 11 is 0. The van der Waals surface area contributed by atoms with Crippen molar-refractivity contribution in [2.45, 2.75) is 12.8 Å². The molecule has 2 rings (SSSR count). The third-order valence-electron chi connectivity index (χ3n) is 2.96. The SMILES string of the molecule is O=C(CCC(=O)N1CCNCC1)c1cc[nH]c1. The summed E-state index contributed by atoms with van der Waals surface area (Å²) in [6.45, 7) is 3.18. The highest BCUT2D eigenvalue weighted by Gasteiger charge is 2.17. The number of carbonyl (C=O) groups is 2. The van der Waals surface area contributed by atoms with E-state index in [9.17, 15) is 9.59 Å². The molecule has 0 saturated carbocycles. The van der Waals surface area contributed by atoms with Gasteiger partial charge in [0.25, 0.3) is 0 Å². The molecular formula is C12H17N3O2. The molecule has 92 valence electrons. The summed E-state index contributed by atoms with van der Waals surface area (Å²) < 4.78 is 0. The molecule has 1 aromatic heterocycles. The third kappa shape index (κ3) is 3.17. The van der Waals surface area contributed by atoms with Crippen molar-refractivity contribution in [2.75, 3.05) is 26.2 Å². The Labute approximate surface area is 100 Å². The van der Waals surface area contributed by atoms with E-state index in [1.54, 1.807) is 18.5 Å². The Kier molecular flexibility index (Phi) is 3.93. The summed E-state index contributed by atoms with van der Waals surface area (Å²) in [6, 6.07) is 1.73. The van der Waals surface area contributed by atoms with Crippen LogP contribution in [0.2, 0.25) is 0 Å². The van der Waals surface area contributed by atoms with Crippen molar-refractivity contribution in [3.05, 3.63) is 24.0 Å². The largest absolute Gasteiger partial charge is 0.367 e. The monoisotopic (exact) mass is 235 g/mol. The molecule has 0 spiro atoms. The van der Waals surface area contributed by atoms with E-state index in [1.807, 2.05) is 4.90 Å². The molecule has 1 aromatic rings. The minimum atomic E-state index is 0.0229. The molecule has 5 heteroatoms. The second-order valence-corrected chi connectivity index (χ2v) is 4.15. The Morgan fingerprint density at radius 1 is 1.24 bits per heavy atom. The van der Waals surface area contributed by atoms with Crippen LogP contribution in [0, 0.1) is 0 Å². The van der Waals surface area contributed by atoms with Crippen molar-refractivity contribution in [3.8, 4) is 0 Å². The normalized spacial score (nSPS) is 15.9. The standard InChI is InChI=1S/C12H17N3O2/c16-11(10-3-4-14-9-10)1-2-12(17)15-7-5-13-6-8-15/h3-4,9,13-14H,1-2,5-8H2. The fraction of sp³-hybridized carbons (Fsp3) is 0.500. The average Bonchev–Trinajstić information content (AvgIpc) is 2.90. The molecular weight excluding hydrogens is 218 g/mol. The summed E-state index contributed by atoms with van der Waals surface area (Å²) in [7, 11) is 0. The maximum absolute atomic E-state index is 11.8. The first-order valence-electron chi connectivity index (χ1n) is 5.92. The first kappa shape index (κ1) is 11.9. The number of ketones is 1. The van der Waals surface area contributed by atoms with Crippen LogP contribution >= 0.6 is 0 Å². The van der Waals surface area contributed by atoms with Gasteiger partial charge in [0.1, 0.15) is 0 Å². The van der Waals surface area contributed by atoms with E-state index >= 15 is 0 Å². The van der Waals surface area contributed by atoms with E-state index in [2.05, 4.69) is 10.3 Å². The first-order chi connectivity index (χ1) is 8.27. The minimum absolute atomic E-state index is 0.0229. The van der Waals surface area contributed by atoms with E-state index in [0.29, 0.717) is 18.4 Å². The molecule has 1 fully saturated rings. The number of Topliss-reactive ketones (excluding diaryl/α,β-unsaturated/α-hetero) is 1. The van der Waals surface area contributed by atoms with Gasteiger partial charge in [0.15, 0.2) is 5.78 Å². The minimum Gasteiger partial charge on any atom is -0.367 e. The number of nitrogens with zero attached hydrogens (tertiary/aromatic N) is 1. The van der Waals surface area contributed by atoms with Crippen LogP contribution in [0.4, 0.5) is 0 Å². The van der Waals surface area contributed by atoms with Crippen molar-refractivity contribution in [2.24, 2.45) is 0 Å². The van der Waals surface area contributed by atoms with Crippen LogP contribution < -0.4 is 5.32 Å². The maximum atomic E-state index is 11.8. The molecule has 0 aliphatic carbocycles. The van der Waals surface area contributed by atoms with E-state index in [1.165, 1.54) is 0 Å². The van der Waals surface area contributed by atoms with Gasteiger partial charge in [-0.3, -0.25) is 9.59 Å². The molecule has 0 bridgehead atoms. The van der Waals surface area contributed by atoms with Crippen molar-refractivity contribution in [1.29, 1.82) is 0 Å². The number of piperazine rings is 1. The second kappa shape index (κ2) is 5.63. The van der Waals surface area contributed by atoms with E-state index < -0.39 is 0 Å². The number of nitrogens with one attached hydrogen (secondary N) is 2. The number of H-pyrrole nitrogens is 1. The zero-order valence-electron chi connectivity index (χ0n) is 9.74. The van der Waals surface area contributed by atoms with Gasteiger partial charge in [-0.25, -0.2) is 0 Å². The molecule has 17 heavy (non-hydrogen) atoms. The number of aromatic nitrogens is 1. The Hall–Kier alpha value is -1.62. The molecule has 1 aliphatic rings. The van der Waals surface area contributed by atoms with E-state index in [4.69, 9.17) is 0 Å². The lowest BCUT2D eigenvalue weighted by Crippen LogP contribution is -2.46. The Bertz CT molecular complexity index is 380. The smallest absolute Gasteiger partial charge is 0.223 e. The van der Waals surface area contributed by atoms with Gasteiger partial charge >= 0.3 is 0 Å². The van der Waals surface area contributed by atoms with Crippen LogP contribution in [0.15, 0.2) is 18.5 Å². The predicted octanol–water partition coefficient (Wildman–Crippen LogP) is 0.409. The Balaban J connectivity index is 1.77. The second-order valence-electron chi connectivity index (χ2n) is 4.15. The predicted molar refractivity (Wildman–Crippen MR) is 63.8 cm³/mol. The van der Waals surface area contributed by atoms with Crippen molar-refractivity contribution in [1.82, 2.24) is 15.2 Å². The molecule has 2 heterocycles. The third-order valence-corrected chi connectivity index (χ3v) is 2.96. The zero-order chi connectivity index (χ0) is 12.1. The highest BCUT2D eigenvalue weighted by atomic mass is 16.2. The van der Waals surface area contributed by atoms with Crippen LogP contribution in [0.25, 0.3) is 0 Å². The van der Waals surface area contributed by atoms with Crippen LogP contribution in [-0.2, 0) is 4.79 Å². The van der Waals surface area contributed by atoms with Gasteiger partial charge in [0.2, 0.25) is 5.91 Å². The molecule has 0 atom stereocenters. The number of aromatic amines is 1. The average molecular weight is 235 g/mol. The number of carbonyl (C=O) groups excluding carboxylic acids is 2. The fourth-order valence-corrected chi connectivity index (χ4v) is 1.93. The molecule has 1 saturated heterocycles. The number of hydrogen-bond donors (Lipinski definition) is 2. The van der Waals surface area contributed by atoms with Crippen LogP contribution in [0.3, 0.4) is 0 Å². The molecule has 0 unspecified atom stereocenters. The van der Waals surface area contributed by atoms with Gasteiger partial charge in [0, 0.05) is 57.0 Å². The summed E-state index contributed by atoms with van der Waals surface area (Å²) in [5.74, 6) is 0.102. The molecule has 0 radical (unpaired) electrons. The first-order valence-corrected chi connectivity index (χ1v) is 5.92. The van der Waals surface area contributed by atoms with Gasteiger partial charge in [0.05, 0.1) is 0 Å². The molecule has 2 N–H and O–H groups in total. The maximum Gasteiger partial charge on any atom is 0.223 e. The molecule has 1 aliphatic heterocycles. The number of rotatable bonds is 4. The highest BCUT2D eigenvalue weighted by molar-refractivity contribution is 5.97. The van der Waals surface area contributed by atoms with Crippen molar-refractivity contribution < 1.29 is 9.59 Å². The quantitative estimate of drug-likeness (QED) is 0.743. The Morgan fingerprint density at radius 2 is 2.00 bits per heavy atom. The van der Waals surface area contributed by atoms with Gasteiger partial charge in [-0.1, -0.05) is 0 Å². The summed E-state index contributed by atoms with van der Waals surface area (Å²) in [6.07, 6.45) is 3.98. The highest BCUT2D eigenvalue weighted by Crippen LogP contribution is 2.06. The van der Waals surface area contributed by atoms with Gasteiger partial charge < -0.3 is 15.2 Å². The molecule has 1 amide bonds. The van der Waals surface area contributed by atoms with Crippen LogP contribution in [0.5, 0.6) is 0 Å². The zero-order valence-corrected chi connectivity index (χ0v) is 9.74. The summed E-state index contributed by atoms with van der Waals surface area (Å²) in [5, 5.41) is 3.19. The summed E-state index contributed by atoms with van der Waals surface area (Å²) in [4.78, 5) is 28.2. The lowest BCUT2D eigenvalue weighted by molar-refractivity contribution is -0.131. The molecule has 5 nitrogen and oxygen atoms in total. The molecule has 0 aromatic carbocycles. The summed E-state index contributed by atoms with van der Waals surface area (Å²) in [5.41, 5.74) is 0.651. The van der Waals surface area contributed by atoms with Gasteiger partial charge in [-0.15, -0.1) is 0 Å².